The van der Waals surface area contributed by atoms with E-state index in [1.165, 1.54) is 5.56 Å². The molecule has 0 radical (unpaired) electrons. The largest absolute Gasteiger partial charge is 0.355 e. The van der Waals surface area contributed by atoms with Crippen molar-refractivity contribution < 1.29 is 4.79 Å². The highest BCUT2D eigenvalue weighted by atomic mass is 32.1. The summed E-state index contributed by atoms with van der Waals surface area (Å²) in [6, 6.07) is 18.8. The molecule has 0 N–H and O–H groups in total. The Morgan fingerprint density at radius 3 is 2.31 bits per heavy atom. The maximum absolute atomic E-state index is 13.1. The number of piperidine rings is 1. The van der Waals surface area contributed by atoms with E-state index in [1.54, 1.807) is 11.3 Å². The second-order valence-electron chi connectivity index (χ2n) is 8.60. The molecule has 166 valence electrons. The number of hydrogen-bond donors (Lipinski definition) is 0. The topological polar surface area (TPSA) is 52.6 Å². The number of carbonyl (C=O) groups excluding carboxylic acids is 1. The molecule has 7 heteroatoms. The Bertz CT molecular complexity index is 993. The number of piperazine rings is 1. The van der Waals surface area contributed by atoms with Gasteiger partial charge in [0.2, 0.25) is 5.91 Å². The van der Waals surface area contributed by atoms with Crippen molar-refractivity contribution >= 4 is 23.1 Å². The molecule has 4 heterocycles. The van der Waals surface area contributed by atoms with Gasteiger partial charge in [-0.1, -0.05) is 36.4 Å². The maximum Gasteiger partial charge on any atom is 0.225 e. The number of anilines is 1. The van der Waals surface area contributed by atoms with Gasteiger partial charge in [0, 0.05) is 51.7 Å². The predicted molar refractivity (Wildman–Crippen MR) is 129 cm³/mol. The highest BCUT2D eigenvalue weighted by Gasteiger charge is 2.30. The van der Waals surface area contributed by atoms with E-state index >= 15 is 0 Å². The summed E-state index contributed by atoms with van der Waals surface area (Å²) in [7, 11) is 0. The average Bonchev–Trinajstić information content (AvgIpc) is 3.40. The van der Waals surface area contributed by atoms with E-state index in [1.807, 2.05) is 12.1 Å². The van der Waals surface area contributed by atoms with Crippen molar-refractivity contribution in [3.8, 4) is 10.6 Å². The highest BCUT2D eigenvalue weighted by Crippen LogP contribution is 2.26. The minimum Gasteiger partial charge on any atom is -0.355 e. The van der Waals surface area contributed by atoms with Crippen LogP contribution in [0.3, 0.4) is 0 Å². The Labute approximate surface area is 193 Å². The van der Waals surface area contributed by atoms with Crippen LogP contribution in [0.2, 0.25) is 0 Å². The fourth-order valence-electron chi connectivity index (χ4n) is 4.63. The SMILES string of the molecule is O=C(C1CCN(c2ccc(-c3cccs3)nn2)CC1)N1CCN(Cc2ccccc2)CC1. The lowest BCUT2D eigenvalue weighted by Gasteiger charge is -2.38. The van der Waals surface area contributed by atoms with Crippen LogP contribution in [0.1, 0.15) is 18.4 Å². The minimum atomic E-state index is 0.130. The Hall–Kier alpha value is -2.77. The number of benzene rings is 1. The van der Waals surface area contributed by atoms with Gasteiger partial charge in [0.25, 0.3) is 0 Å². The minimum absolute atomic E-state index is 0.130. The summed E-state index contributed by atoms with van der Waals surface area (Å²) in [4.78, 5) is 21.0. The van der Waals surface area contributed by atoms with Crippen molar-refractivity contribution in [3.05, 3.63) is 65.5 Å². The van der Waals surface area contributed by atoms with E-state index in [0.717, 1.165) is 75.0 Å². The molecule has 1 aromatic carbocycles. The molecule has 2 fully saturated rings. The molecule has 0 atom stereocenters. The molecular formula is C25H29N5OS. The number of hydrogen-bond acceptors (Lipinski definition) is 6. The van der Waals surface area contributed by atoms with Crippen LogP contribution in [-0.4, -0.2) is 65.2 Å². The number of thiophene rings is 1. The monoisotopic (exact) mass is 447 g/mol. The molecule has 0 aliphatic carbocycles. The van der Waals surface area contributed by atoms with Crippen LogP contribution in [0.4, 0.5) is 5.82 Å². The first kappa shape index (κ1) is 21.1. The van der Waals surface area contributed by atoms with Crippen molar-refractivity contribution in [2.75, 3.05) is 44.2 Å². The number of rotatable bonds is 5. The second-order valence-corrected chi connectivity index (χ2v) is 9.55. The lowest BCUT2D eigenvalue weighted by atomic mass is 9.95. The molecule has 2 aliphatic rings. The molecular weight excluding hydrogens is 418 g/mol. The van der Waals surface area contributed by atoms with E-state index in [-0.39, 0.29) is 5.92 Å². The summed E-state index contributed by atoms with van der Waals surface area (Å²) < 4.78 is 0. The van der Waals surface area contributed by atoms with Crippen LogP contribution >= 0.6 is 11.3 Å². The lowest BCUT2D eigenvalue weighted by Crippen LogP contribution is -2.51. The quantitative estimate of drug-likeness (QED) is 0.596. The van der Waals surface area contributed by atoms with Gasteiger partial charge in [-0.05, 0) is 42.0 Å². The van der Waals surface area contributed by atoms with Gasteiger partial charge in [-0.3, -0.25) is 9.69 Å². The molecule has 2 aliphatic heterocycles. The Kier molecular flexibility index (Phi) is 6.46. The summed E-state index contributed by atoms with van der Waals surface area (Å²) in [6.07, 6.45) is 1.77. The molecule has 0 unspecified atom stereocenters. The maximum atomic E-state index is 13.1. The smallest absolute Gasteiger partial charge is 0.225 e. The van der Waals surface area contributed by atoms with Crippen LogP contribution < -0.4 is 4.90 Å². The van der Waals surface area contributed by atoms with Gasteiger partial charge in [-0.15, -0.1) is 21.5 Å². The van der Waals surface area contributed by atoms with Crippen molar-refractivity contribution in [1.29, 1.82) is 0 Å². The molecule has 1 amide bonds. The van der Waals surface area contributed by atoms with Gasteiger partial charge in [0.1, 0.15) is 5.69 Å². The van der Waals surface area contributed by atoms with Crippen molar-refractivity contribution in [2.45, 2.75) is 19.4 Å². The van der Waals surface area contributed by atoms with E-state index in [0.29, 0.717) is 5.91 Å². The summed E-state index contributed by atoms with van der Waals surface area (Å²) in [5.41, 5.74) is 2.26. The first-order valence-electron chi connectivity index (χ1n) is 11.4. The van der Waals surface area contributed by atoms with E-state index in [2.05, 4.69) is 72.7 Å². The molecule has 2 saturated heterocycles. The summed E-state index contributed by atoms with van der Waals surface area (Å²) >= 11 is 1.67. The summed E-state index contributed by atoms with van der Waals surface area (Å²) in [5, 5.41) is 10.9. The highest BCUT2D eigenvalue weighted by molar-refractivity contribution is 7.13. The third-order valence-corrected chi connectivity index (χ3v) is 7.42. The van der Waals surface area contributed by atoms with Gasteiger partial charge in [0.15, 0.2) is 5.82 Å². The van der Waals surface area contributed by atoms with Crippen molar-refractivity contribution in [2.24, 2.45) is 5.92 Å². The Morgan fingerprint density at radius 2 is 1.66 bits per heavy atom. The molecule has 0 spiro atoms. The molecule has 6 nitrogen and oxygen atoms in total. The van der Waals surface area contributed by atoms with Gasteiger partial charge < -0.3 is 9.80 Å². The molecule has 5 rings (SSSR count). The molecule has 0 saturated carbocycles. The van der Waals surface area contributed by atoms with Gasteiger partial charge in [-0.25, -0.2) is 0 Å². The fourth-order valence-corrected chi connectivity index (χ4v) is 5.32. The van der Waals surface area contributed by atoms with Crippen LogP contribution in [0, 0.1) is 5.92 Å². The lowest BCUT2D eigenvalue weighted by molar-refractivity contribution is -0.138. The standard InChI is InChI=1S/C25H29N5OS/c31-25(30-16-14-28(15-17-30)19-20-5-2-1-3-6-20)21-10-12-29(13-11-21)24-9-8-22(26-27-24)23-7-4-18-32-23/h1-9,18,21H,10-17,19H2. The third kappa shape index (κ3) is 4.84. The second kappa shape index (κ2) is 9.79. The van der Waals surface area contributed by atoms with Crippen molar-refractivity contribution in [1.82, 2.24) is 20.0 Å². The first-order valence-corrected chi connectivity index (χ1v) is 12.3. The van der Waals surface area contributed by atoms with Crippen molar-refractivity contribution in [3.63, 3.8) is 0 Å². The molecule has 32 heavy (non-hydrogen) atoms. The normalized spacial score (nSPS) is 18.1. The predicted octanol–water partition coefficient (Wildman–Crippen LogP) is 3.77. The third-order valence-electron chi connectivity index (χ3n) is 6.53. The van der Waals surface area contributed by atoms with Crippen LogP contribution in [0.15, 0.2) is 60.0 Å². The van der Waals surface area contributed by atoms with E-state index in [4.69, 9.17) is 0 Å². The first-order chi connectivity index (χ1) is 15.8. The number of aromatic nitrogens is 2. The van der Waals surface area contributed by atoms with Crippen LogP contribution in [-0.2, 0) is 11.3 Å². The fraction of sp³-hybridized carbons (Fsp3) is 0.400. The Balaban J connectivity index is 1.09. The summed E-state index contributed by atoms with van der Waals surface area (Å²) in [5.74, 6) is 1.37. The van der Waals surface area contributed by atoms with Crippen LogP contribution in [0.25, 0.3) is 10.6 Å². The number of nitrogens with zero attached hydrogens (tertiary/aromatic N) is 5. The van der Waals surface area contributed by atoms with E-state index < -0.39 is 0 Å². The average molecular weight is 448 g/mol. The zero-order chi connectivity index (χ0) is 21.8. The van der Waals surface area contributed by atoms with Gasteiger partial charge in [-0.2, -0.15) is 0 Å². The van der Waals surface area contributed by atoms with Crippen LogP contribution in [0.5, 0.6) is 0 Å². The zero-order valence-electron chi connectivity index (χ0n) is 18.3. The number of amides is 1. The Morgan fingerprint density at radius 1 is 0.875 bits per heavy atom. The van der Waals surface area contributed by atoms with Gasteiger partial charge in [0.05, 0.1) is 4.88 Å². The summed E-state index contributed by atoms with van der Waals surface area (Å²) in [6.45, 7) is 6.25. The molecule has 3 aromatic rings. The van der Waals surface area contributed by atoms with E-state index in [9.17, 15) is 4.79 Å². The number of carbonyl (C=O) groups is 1. The zero-order valence-corrected chi connectivity index (χ0v) is 19.1. The molecule has 2 aromatic heterocycles. The molecule has 0 bridgehead atoms. The van der Waals surface area contributed by atoms with Gasteiger partial charge >= 0.3 is 0 Å².